The van der Waals surface area contributed by atoms with Crippen molar-refractivity contribution in [1.29, 1.82) is 0 Å². The van der Waals surface area contributed by atoms with E-state index in [1.807, 2.05) is 26.0 Å². The van der Waals surface area contributed by atoms with Gasteiger partial charge in [-0.25, -0.2) is 0 Å². The molecule has 0 radical (unpaired) electrons. The average Bonchev–Trinajstić information content (AvgIpc) is 3.12. The Morgan fingerprint density at radius 1 is 1.27 bits per heavy atom. The summed E-state index contributed by atoms with van der Waals surface area (Å²) in [5.41, 5.74) is 3.72. The number of H-pyrrole nitrogens is 1. The number of amides is 1. The number of pyridine rings is 1. The van der Waals surface area contributed by atoms with Crippen LogP contribution in [0.15, 0.2) is 23.0 Å². The van der Waals surface area contributed by atoms with Crippen LogP contribution in [0.3, 0.4) is 0 Å². The number of nitrogens with one attached hydrogen (secondary N) is 1. The average molecular weight is 433 g/mol. The molecular weight excluding hydrogens is 404 g/mol. The number of hydrogen-bond acceptors (Lipinski definition) is 4. The van der Waals surface area contributed by atoms with Crippen LogP contribution >= 0.6 is 11.6 Å². The first kappa shape index (κ1) is 22.4. The zero-order valence-corrected chi connectivity index (χ0v) is 17.5. The predicted molar refractivity (Wildman–Crippen MR) is 118 cm³/mol. The number of aryl methyl sites for hydroxylation is 3. The van der Waals surface area contributed by atoms with Crippen LogP contribution in [0.2, 0.25) is 5.02 Å². The first-order valence-corrected chi connectivity index (χ1v) is 10.4. The van der Waals surface area contributed by atoms with Crippen molar-refractivity contribution >= 4 is 17.5 Å². The van der Waals surface area contributed by atoms with Crippen LogP contribution in [0.5, 0.6) is 5.75 Å². The predicted octanol–water partition coefficient (Wildman–Crippen LogP) is 4.04. The molecule has 0 spiro atoms. The minimum Gasteiger partial charge on any atom is -0.486 e. The molecule has 1 N–H and O–H groups in total. The highest BCUT2D eigenvalue weighted by molar-refractivity contribution is 6.32. The molecule has 2 aliphatic rings. The number of carbonyl (C=O) groups is 1. The van der Waals surface area contributed by atoms with E-state index in [9.17, 15) is 9.59 Å². The Bertz CT molecular complexity index is 995. The molecule has 1 amide bonds. The third-order valence-electron chi connectivity index (χ3n) is 5.57. The summed E-state index contributed by atoms with van der Waals surface area (Å²) in [6.07, 6.45) is 2.33. The maximum Gasteiger partial charge on any atom is 0.254 e. The van der Waals surface area contributed by atoms with Gasteiger partial charge in [-0.05, 0) is 56.0 Å². The molecule has 3 heterocycles. The molecule has 1 saturated heterocycles. The second kappa shape index (κ2) is 9.23. The van der Waals surface area contributed by atoms with E-state index in [1.165, 1.54) is 0 Å². The maximum absolute atomic E-state index is 13.3. The van der Waals surface area contributed by atoms with Crippen LogP contribution in [0.25, 0.3) is 0 Å². The van der Waals surface area contributed by atoms with Crippen LogP contribution < -0.4 is 10.3 Å². The van der Waals surface area contributed by atoms with Crippen molar-refractivity contribution in [3.05, 3.63) is 61.5 Å². The highest BCUT2D eigenvalue weighted by Crippen LogP contribution is 2.33. The lowest BCUT2D eigenvalue weighted by atomic mass is 10.0. The van der Waals surface area contributed by atoms with Gasteiger partial charge in [0.25, 0.3) is 11.5 Å². The molecule has 1 aromatic carbocycles. The number of carbonyl (C=O) groups excluding carboxylic acids is 1. The summed E-state index contributed by atoms with van der Waals surface area (Å²) in [5, 5.41) is 0.516. The van der Waals surface area contributed by atoms with Crippen molar-refractivity contribution in [2.75, 3.05) is 19.8 Å². The smallest absolute Gasteiger partial charge is 0.254 e. The Hall–Kier alpha value is -2.31. The van der Waals surface area contributed by atoms with Crippen LogP contribution in [0.4, 0.5) is 0 Å². The Kier molecular flexibility index (Phi) is 6.88. The van der Waals surface area contributed by atoms with E-state index in [0.717, 1.165) is 36.1 Å². The molecule has 7 heteroatoms. The topological polar surface area (TPSA) is 71.6 Å². The van der Waals surface area contributed by atoms with Crippen molar-refractivity contribution in [2.24, 2.45) is 0 Å². The van der Waals surface area contributed by atoms with Crippen molar-refractivity contribution in [1.82, 2.24) is 9.88 Å². The van der Waals surface area contributed by atoms with E-state index in [2.05, 4.69) is 4.98 Å². The maximum atomic E-state index is 13.3. The third kappa shape index (κ3) is 4.55. The summed E-state index contributed by atoms with van der Waals surface area (Å²) in [6.45, 7) is 5.84. The van der Waals surface area contributed by atoms with Gasteiger partial charge in [0.15, 0.2) is 0 Å². The molecular formula is C23H29ClN2O4. The van der Waals surface area contributed by atoms with Crippen LogP contribution in [-0.2, 0) is 17.7 Å². The molecule has 1 aromatic heterocycles. The number of halogens is 1. The SMILES string of the molecule is C.Cc1cc(C)c(CN2CCCc3cc(Cl)c(O[C@@H]4CCOC4)cc3C2=O)c(=O)[nH]1. The van der Waals surface area contributed by atoms with Crippen molar-refractivity contribution in [3.63, 3.8) is 0 Å². The van der Waals surface area contributed by atoms with Gasteiger partial charge in [-0.2, -0.15) is 0 Å². The fraction of sp³-hybridized carbons (Fsp3) is 0.478. The number of aromatic nitrogens is 1. The monoisotopic (exact) mass is 432 g/mol. The number of aromatic amines is 1. The van der Waals surface area contributed by atoms with Crippen LogP contribution in [0.1, 0.15) is 53.0 Å². The van der Waals surface area contributed by atoms with E-state index in [4.69, 9.17) is 21.1 Å². The molecule has 162 valence electrons. The number of benzene rings is 1. The summed E-state index contributed by atoms with van der Waals surface area (Å²) < 4.78 is 11.3. The minimum absolute atomic E-state index is 0. The van der Waals surface area contributed by atoms with E-state index < -0.39 is 0 Å². The molecule has 0 saturated carbocycles. The fourth-order valence-corrected chi connectivity index (χ4v) is 4.26. The number of fused-ring (bicyclic) bond motifs is 1. The Morgan fingerprint density at radius 2 is 2.07 bits per heavy atom. The summed E-state index contributed by atoms with van der Waals surface area (Å²) in [5.74, 6) is 0.418. The van der Waals surface area contributed by atoms with Gasteiger partial charge >= 0.3 is 0 Å². The van der Waals surface area contributed by atoms with E-state index in [1.54, 1.807) is 11.0 Å². The van der Waals surface area contributed by atoms with Gasteiger partial charge in [-0.1, -0.05) is 19.0 Å². The van der Waals surface area contributed by atoms with Gasteiger partial charge in [0, 0.05) is 29.8 Å². The quantitative estimate of drug-likeness (QED) is 0.791. The van der Waals surface area contributed by atoms with Gasteiger partial charge in [0.1, 0.15) is 11.9 Å². The Morgan fingerprint density at radius 3 is 2.77 bits per heavy atom. The second-order valence-corrected chi connectivity index (χ2v) is 8.22. The summed E-state index contributed by atoms with van der Waals surface area (Å²) in [6, 6.07) is 5.53. The molecule has 1 atom stereocenters. The third-order valence-corrected chi connectivity index (χ3v) is 5.87. The van der Waals surface area contributed by atoms with Crippen molar-refractivity contribution in [2.45, 2.75) is 53.2 Å². The number of nitrogens with zero attached hydrogens (tertiary/aromatic N) is 1. The zero-order chi connectivity index (χ0) is 20.5. The lowest BCUT2D eigenvalue weighted by molar-refractivity contribution is 0.0747. The van der Waals surface area contributed by atoms with Gasteiger partial charge < -0.3 is 19.4 Å². The second-order valence-electron chi connectivity index (χ2n) is 7.82. The highest BCUT2D eigenvalue weighted by Gasteiger charge is 2.27. The lowest BCUT2D eigenvalue weighted by Crippen LogP contribution is -2.33. The van der Waals surface area contributed by atoms with E-state index >= 15 is 0 Å². The largest absolute Gasteiger partial charge is 0.486 e. The van der Waals surface area contributed by atoms with Crippen LogP contribution in [0, 0.1) is 13.8 Å². The Labute approximate surface area is 182 Å². The van der Waals surface area contributed by atoms with E-state index in [0.29, 0.717) is 41.7 Å². The van der Waals surface area contributed by atoms with Gasteiger partial charge in [-0.15, -0.1) is 0 Å². The Balaban J connectivity index is 0.00000256. The van der Waals surface area contributed by atoms with E-state index in [-0.39, 0.29) is 31.5 Å². The number of ether oxygens (including phenoxy) is 2. The molecule has 2 aromatic rings. The summed E-state index contributed by atoms with van der Waals surface area (Å²) in [7, 11) is 0. The molecule has 6 nitrogen and oxygen atoms in total. The molecule has 0 bridgehead atoms. The molecule has 30 heavy (non-hydrogen) atoms. The van der Waals surface area contributed by atoms with Gasteiger partial charge in [-0.3, -0.25) is 9.59 Å². The summed E-state index contributed by atoms with van der Waals surface area (Å²) >= 11 is 6.43. The minimum atomic E-state index is -0.138. The highest BCUT2D eigenvalue weighted by atomic mass is 35.5. The fourth-order valence-electron chi connectivity index (χ4n) is 4.03. The molecule has 4 rings (SSSR count). The normalized spacial score (nSPS) is 18.6. The van der Waals surface area contributed by atoms with Gasteiger partial charge in [0.05, 0.1) is 24.8 Å². The standard InChI is InChI=1S/C22H25ClN2O4.CH4/c1-13-8-14(2)24-21(26)18(13)11-25-6-3-4-15-9-19(23)20(10-17(15)22(25)27)29-16-5-7-28-12-16;/h8-10,16H,3-7,11-12H2,1-2H3,(H,24,26);1H4/t16-;/m1./s1. The first-order chi connectivity index (χ1) is 13.9. The zero-order valence-electron chi connectivity index (χ0n) is 16.7. The lowest BCUT2D eigenvalue weighted by Gasteiger charge is -2.22. The molecule has 1 fully saturated rings. The number of hydrogen-bond donors (Lipinski definition) is 1. The van der Waals surface area contributed by atoms with Crippen molar-refractivity contribution in [3.8, 4) is 5.75 Å². The van der Waals surface area contributed by atoms with Gasteiger partial charge in [0.2, 0.25) is 0 Å². The molecule has 0 aliphatic carbocycles. The summed E-state index contributed by atoms with van der Waals surface area (Å²) in [4.78, 5) is 30.3. The van der Waals surface area contributed by atoms with Crippen LogP contribution in [-0.4, -0.2) is 41.7 Å². The number of rotatable bonds is 4. The molecule has 2 aliphatic heterocycles. The first-order valence-electron chi connectivity index (χ1n) is 9.98. The molecule has 0 unspecified atom stereocenters. The van der Waals surface area contributed by atoms with Crippen molar-refractivity contribution < 1.29 is 14.3 Å².